The normalized spacial score (nSPS) is 21.4. The van der Waals surface area contributed by atoms with E-state index in [2.05, 4.69) is 26.8 Å². The Morgan fingerprint density at radius 3 is 2.62 bits per heavy atom. The van der Waals surface area contributed by atoms with Crippen LogP contribution in [0.25, 0.3) is 16.9 Å². The summed E-state index contributed by atoms with van der Waals surface area (Å²) in [7, 11) is 0. The first kappa shape index (κ1) is 26.4. The summed E-state index contributed by atoms with van der Waals surface area (Å²) in [4.78, 5) is 30.9. The third kappa shape index (κ3) is 5.35. The average Bonchev–Trinajstić information content (AvgIpc) is 3.59. The van der Waals surface area contributed by atoms with E-state index in [9.17, 15) is 24.3 Å². The molecule has 12 heteroatoms. The van der Waals surface area contributed by atoms with E-state index in [0.29, 0.717) is 47.6 Å². The molecular weight excluding hydrogens is 503 g/mol. The monoisotopic (exact) mass is 534 g/mol. The number of aliphatic hydroxyl groups is 1. The number of aromatic nitrogens is 3. The number of nitriles is 1. The second-order valence-electron chi connectivity index (χ2n) is 10.9. The molecule has 0 aromatic carbocycles. The van der Waals surface area contributed by atoms with Crippen LogP contribution in [0.4, 0.5) is 14.9 Å². The molecule has 2 unspecified atom stereocenters. The van der Waals surface area contributed by atoms with Crippen LogP contribution >= 0.6 is 0 Å². The summed E-state index contributed by atoms with van der Waals surface area (Å²) in [6.07, 6.45) is 2.89. The number of rotatable bonds is 7. The van der Waals surface area contributed by atoms with Crippen molar-refractivity contribution in [2.45, 2.75) is 44.5 Å². The van der Waals surface area contributed by atoms with E-state index < -0.39 is 23.7 Å². The predicted octanol–water partition coefficient (Wildman–Crippen LogP) is 2.31. The molecule has 3 aromatic heterocycles. The zero-order valence-electron chi connectivity index (χ0n) is 21.8. The standard InChI is InChI=1S/C27H31FN8O3/c1-27(2,39)24(28)12-32-25(37)20-11-31-22(23-4-3-19-5-15(9-29)10-33-36(19)23)8-21(20)34-18-6-16-13-35(26(30)38)14-17(16)7-18/h3-5,8,10-11,16-18,24,39H,6-7,12-14H2,1-2H3,(H2,30,38)(H,31,34)(H,32,37)/t16-,17?,18?,24-/m1/s1. The average molecular weight is 535 g/mol. The molecule has 0 bridgehead atoms. The SMILES string of the molecule is CC(C)(O)[C@H](F)CNC(=O)c1cnc(-c2ccc3cc(C#N)cnn23)cc1NC1CC2CN(C(N)=O)C[C@H]2C1. The first-order valence-corrected chi connectivity index (χ1v) is 12.9. The molecule has 2 aliphatic rings. The molecule has 1 aliphatic carbocycles. The minimum Gasteiger partial charge on any atom is -0.387 e. The largest absolute Gasteiger partial charge is 0.387 e. The van der Waals surface area contributed by atoms with E-state index in [1.165, 1.54) is 26.2 Å². The van der Waals surface area contributed by atoms with Gasteiger partial charge in [-0.15, -0.1) is 0 Å². The number of alkyl halides is 1. The fourth-order valence-electron chi connectivity index (χ4n) is 5.50. The zero-order valence-corrected chi connectivity index (χ0v) is 21.8. The Hall–Kier alpha value is -4.24. The summed E-state index contributed by atoms with van der Waals surface area (Å²) < 4.78 is 16.0. The van der Waals surface area contributed by atoms with Crippen molar-refractivity contribution in [1.82, 2.24) is 24.8 Å². The van der Waals surface area contributed by atoms with E-state index in [-0.39, 0.29) is 18.2 Å². The number of hydrogen-bond donors (Lipinski definition) is 4. The molecule has 5 N–H and O–H groups in total. The molecule has 3 aromatic rings. The number of pyridine rings is 1. The van der Waals surface area contributed by atoms with Crippen molar-refractivity contribution in [2.24, 2.45) is 17.6 Å². The maximum atomic E-state index is 14.3. The number of carbonyl (C=O) groups excluding carboxylic acids is 2. The van der Waals surface area contributed by atoms with Gasteiger partial charge < -0.3 is 26.4 Å². The highest BCUT2D eigenvalue weighted by Gasteiger charge is 2.42. The Labute approximate surface area is 224 Å². The lowest BCUT2D eigenvalue weighted by molar-refractivity contribution is -0.00177. The molecule has 3 amide bonds. The summed E-state index contributed by atoms with van der Waals surface area (Å²) in [5, 5.41) is 29.5. The van der Waals surface area contributed by atoms with Crippen molar-refractivity contribution >= 4 is 23.1 Å². The topological polar surface area (TPSA) is 162 Å². The van der Waals surface area contributed by atoms with Crippen LogP contribution < -0.4 is 16.4 Å². The molecular formula is C27H31FN8O3. The summed E-state index contributed by atoms with van der Waals surface area (Å²) in [5.74, 6) is 0.125. The molecule has 204 valence electrons. The molecule has 1 aliphatic heterocycles. The van der Waals surface area contributed by atoms with Crippen LogP contribution in [0.15, 0.2) is 36.7 Å². The highest BCUT2D eigenvalue weighted by Crippen LogP contribution is 2.40. The summed E-state index contributed by atoms with van der Waals surface area (Å²) >= 11 is 0. The molecule has 4 heterocycles. The van der Waals surface area contributed by atoms with Crippen molar-refractivity contribution in [1.29, 1.82) is 5.26 Å². The van der Waals surface area contributed by atoms with Gasteiger partial charge in [0.25, 0.3) is 5.91 Å². The lowest BCUT2D eigenvalue weighted by atomic mass is 10.0. The first-order valence-electron chi connectivity index (χ1n) is 12.9. The van der Waals surface area contributed by atoms with Gasteiger partial charge in [-0.2, -0.15) is 10.4 Å². The summed E-state index contributed by atoms with van der Waals surface area (Å²) in [5.41, 5.74) is 7.06. The summed E-state index contributed by atoms with van der Waals surface area (Å²) in [6, 6.07) is 8.89. The Morgan fingerprint density at radius 2 is 1.97 bits per heavy atom. The van der Waals surface area contributed by atoms with Crippen LogP contribution in [0.3, 0.4) is 0 Å². The Kier molecular flexibility index (Phi) is 6.86. The van der Waals surface area contributed by atoms with Gasteiger partial charge in [-0.1, -0.05) is 0 Å². The number of likely N-dealkylation sites (tertiary alicyclic amines) is 1. The van der Waals surface area contributed by atoms with E-state index >= 15 is 0 Å². The third-order valence-corrected chi connectivity index (χ3v) is 7.67. The minimum atomic E-state index is -1.65. The number of halogens is 1. The predicted molar refractivity (Wildman–Crippen MR) is 141 cm³/mol. The number of amides is 3. The Bertz CT molecular complexity index is 1450. The van der Waals surface area contributed by atoms with Crippen LogP contribution in [0, 0.1) is 23.2 Å². The molecule has 1 saturated heterocycles. The third-order valence-electron chi connectivity index (χ3n) is 7.67. The number of anilines is 1. The molecule has 39 heavy (non-hydrogen) atoms. The molecule has 11 nitrogen and oxygen atoms in total. The number of carbonyl (C=O) groups is 2. The van der Waals surface area contributed by atoms with Crippen molar-refractivity contribution in [2.75, 3.05) is 25.0 Å². The van der Waals surface area contributed by atoms with Crippen LogP contribution in [-0.4, -0.2) is 74.0 Å². The van der Waals surface area contributed by atoms with Crippen molar-refractivity contribution in [3.8, 4) is 17.5 Å². The van der Waals surface area contributed by atoms with Crippen molar-refractivity contribution in [3.63, 3.8) is 0 Å². The summed E-state index contributed by atoms with van der Waals surface area (Å²) in [6.45, 7) is 3.58. The maximum absolute atomic E-state index is 14.3. The maximum Gasteiger partial charge on any atom is 0.314 e. The molecule has 2 fully saturated rings. The van der Waals surface area contributed by atoms with Gasteiger partial charge in [-0.05, 0) is 62.8 Å². The molecule has 4 atom stereocenters. The van der Waals surface area contributed by atoms with Crippen molar-refractivity contribution < 1.29 is 19.1 Å². The van der Waals surface area contributed by atoms with E-state index in [1.54, 1.807) is 21.5 Å². The van der Waals surface area contributed by atoms with Crippen LogP contribution in [0.2, 0.25) is 0 Å². The van der Waals surface area contributed by atoms with Gasteiger partial charge in [-0.3, -0.25) is 9.78 Å². The quantitative estimate of drug-likeness (QED) is 0.362. The number of nitrogens with zero attached hydrogens (tertiary/aromatic N) is 5. The second kappa shape index (κ2) is 10.1. The highest BCUT2D eigenvalue weighted by molar-refractivity contribution is 6.00. The fraction of sp³-hybridized carbons (Fsp3) is 0.444. The van der Waals surface area contributed by atoms with E-state index in [4.69, 9.17) is 5.73 Å². The molecule has 0 spiro atoms. The van der Waals surface area contributed by atoms with E-state index in [1.807, 2.05) is 12.1 Å². The van der Waals surface area contributed by atoms with Gasteiger partial charge in [0, 0.05) is 25.3 Å². The van der Waals surface area contributed by atoms with Crippen LogP contribution in [0.1, 0.15) is 42.6 Å². The zero-order chi connectivity index (χ0) is 27.9. The molecule has 1 saturated carbocycles. The lowest BCUT2D eigenvalue weighted by Gasteiger charge is -2.23. The van der Waals surface area contributed by atoms with Gasteiger partial charge >= 0.3 is 6.03 Å². The fourth-order valence-corrected chi connectivity index (χ4v) is 5.50. The number of fused-ring (bicyclic) bond motifs is 2. The smallest absolute Gasteiger partial charge is 0.314 e. The van der Waals surface area contributed by atoms with Crippen molar-refractivity contribution in [3.05, 3.63) is 47.8 Å². The molecule has 0 radical (unpaired) electrons. The van der Waals surface area contributed by atoms with Gasteiger partial charge in [-0.25, -0.2) is 13.7 Å². The van der Waals surface area contributed by atoms with Crippen LogP contribution in [-0.2, 0) is 0 Å². The van der Waals surface area contributed by atoms with Gasteiger partial charge in [0.15, 0.2) is 0 Å². The number of primary amides is 1. The van der Waals surface area contributed by atoms with E-state index in [0.717, 1.165) is 18.4 Å². The Balaban J connectivity index is 1.42. The van der Waals surface area contributed by atoms with Gasteiger partial charge in [0.2, 0.25) is 0 Å². The lowest BCUT2D eigenvalue weighted by Crippen LogP contribution is -2.42. The number of urea groups is 1. The minimum absolute atomic E-state index is 0.0579. The highest BCUT2D eigenvalue weighted by atomic mass is 19.1. The second-order valence-corrected chi connectivity index (χ2v) is 10.9. The number of hydrogen-bond acceptors (Lipinski definition) is 7. The van der Waals surface area contributed by atoms with Gasteiger partial charge in [0.05, 0.1) is 52.1 Å². The number of nitrogens with two attached hydrogens (primary N) is 1. The molecule has 5 rings (SSSR count). The first-order chi connectivity index (χ1) is 18.5. The van der Waals surface area contributed by atoms with Crippen LogP contribution in [0.5, 0.6) is 0 Å². The van der Waals surface area contributed by atoms with Gasteiger partial charge in [0.1, 0.15) is 12.2 Å². The Morgan fingerprint density at radius 1 is 1.26 bits per heavy atom. The number of nitrogens with one attached hydrogen (secondary N) is 2.